The smallest absolute Gasteiger partial charge is 0.303 e. The number of hydrogen-bond donors (Lipinski definition) is 2. The maximum Gasteiger partial charge on any atom is 0.303 e. The summed E-state index contributed by atoms with van der Waals surface area (Å²) in [5, 5.41) is 8.59. The average molecular weight is 290 g/mol. The Bertz CT molecular complexity index is 517. The van der Waals surface area contributed by atoms with E-state index < -0.39 is 24.6 Å². The Morgan fingerprint density at radius 3 is 2.70 bits per heavy atom. The lowest BCUT2D eigenvalue weighted by Gasteiger charge is -2.07. The molecule has 0 radical (unpaired) electrons. The highest BCUT2D eigenvalue weighted by atomic mass is 19.3. The Morgan fingerprint density at radius 2 is 2.15 bits per heavy atom. The Hall–Kier alpha value is -1.83. The van der Waals surface area contributed by atoms with E-state index in [9.17, 15) is 18.4 Å². The van der Waals surface area contributed by atoms with Crippen LogP contribution in [0.3, 0.4) is 0 Å². The third-order valence-electron chi connectivity index (χ3n) is 2.59. The molecule has 2 N–H and O–H groups in total. The summed E-state index contributed by atoms with van der Waals surface area (Å²) >= 11 is 0. The number of ether oxygens (including phenoxy) is 1. The Morgan fingerprint density at radius 1 is 1.45 bits per heavy atom. The zero-order valence-electron chi connectivity index (χ0n) is 11.0. The van der Waals surface area contributed by atoms with Gasteiger partial charge in [-0.15, -0.1) is 0 Å². The van der Waals surface area contributed by atoms with Gasteiger partial charge in [-0.1, -0.05) is 0 Å². The molecule has 0 fully saturated rings. The molecule has 0 bridgehead atoms. The SMILES string of the molecule is Cc1nc(CCOCC(F)F)[nH]c(=O)c1CCC(=O)O. The molecule has 0 saturated heterocycles. The van der Waals surface area contributed by atoms with Gasteiger partial charge < -0.3 is 14.8 Å². The molecule has 6 nitrogen and oxygen atoms in total. The first-order chi connectivity index (χ1) is 9.40. The molecule has 0 amide bonds. The van der Waals surface area contributed by atoms with Crippen molar-refractivity contribution in [1.82, 2.24) is 9.97 Å². The van der Waals surface area contributed by atoms with Gasteiger partial charge in [0.05, 0.1) is 6.61 Å². The summed E-state index contributed by atoms with van der Waals surface area (Å²) < 4.78 is 28.4. The molecular formula is C12H16F2N2O4. The largest absolute Gasteiger partial charge is 0.481 e. The molecule has 0 saturated carbocycles. The first kappa shape index (κ1) is 16.2. The van der Waals surface area contributed by atoms with Crippen molar-refractivity contribution in [2.75, 3.05) is 13.2 Å². The fourth-order valence-electron chi connectivity index (χ4n) is 1.65. The van der Waals surface area contributed by atoms with Crippen LogP contribution >= 0.6 is 0 Å². The summed E-state index contributed by atoms with van der Waals surface area (Å²) in [6.45, 7) is 0.983. The molecule has 0 aliphatic heterocycles. The molecule has 112 valence electrons. The van der Waals surface area contributed by atoms with Crippen LogP contribution in [0.2, 0.25) is 0 Å². The second-order valence-electron chi connectivity index (χ2n) is 4.19. The number of carboxylic acid groups (broad SMARTS) is 1. The monoisotopic (exact) mass is 290 g/mol. The lowest BCUT2D eigenvalue weighted by Crippen LogP contribution is -2.21. The highest BCUT2D eigenvalue weighted by molar-refractivity contribution is 5.67. The predicted octanol–water partition coefficient (Wildman–Crippen LogP) is 0.920. The Labute approximate surface area is 113 Å². The number of H-pyrrole nitrogens is 1. The molecule has 0 spiro atoms. The Balaban J connectivity index is 2.63. The van der Waals surface area contributed by atoms with E-state index in [-0.39, 0.29) is 25.9 Å². The second kappa shape index (κ2) is 7.68. The summed E-state index contributed by atoms with van der Waals surface area (Å²) in [4.78, 5) is 28.9. The van der Waals surface area contributed by atoms with Crippen LogP contribution in [0.5, 0.6) is 0 Å². The van der Waals surface area contributed by atoms with Crippen molar-refractivity contribution in [3.05, 3.63) is 27.4 Å². The van der Waals surface area contributed by atoms with Crippen molar-refractivity contribution in [2.24, 2.45) is 0 Å². The van der Waals surface area contributed by atoms with Crippen LogP contribution in [0.4, 0.5) is 8.78 Å². The fourth-order valence-corrected chi connectivity index (χ4v) is 1.65. The number of halogens is 2. The first-order valence-corrected chi connectivity index (χ1v) is 6.06. The number of aliphatic carboxylic acids is 1. The van der Waals surface area contributed by atoms with Crippen molar-refractivity contribution in [3.8, 4) is 0 Å². The standard InChI is InChI=1S/C12H16F2N2O4/c1-7-8(2-3-11(17)18)12(19)16-10(15-7)4-5-20-6-9(13)14/h9H,2-6H2,1H3,(H,17,18)(H,15,16,19). The van der Waals surface area contributed by atoms with Gasteiger partial charge in [-0.05, 0) is 13.3 Å². The van der Waals surface area contributed by atoms with Crippen LogP contribution in [0.1, 0.15) is 23.5 Å². The number of alkyl halides is 2. The minimum atomic E-state index is -2.53. The first-order valence-electron chi connectivity index (χ1n) is 6.06. The van der Waals surface area contributed by atoms with E-state index in [2.05, 4.69) is 9.97 Å². The van der Waals surface area contributed by atoms with Crippen LogP contribution < -0.4 is 5.56 Å². The molecule has 1 rings (SSSR count). The Kier molecular flexibility index (Phi) is 6.23. The van der Waals surface area contributed by atoms with E-state index in [0.29, 0.717) is 17.1 Å². The number of aromatic amines is 1. The normalized spacial score (nSPS) is 11.0. The number of nitrogens with zero attached hydrogens (tertiary/aromatic N) is 1. The highest BCUT2D eigenvalue weighted by Crippen LogP contribution is 2.03. The van der Waals surface area contributed by atoms with Crippen LogP contribution in [0, 0.1) is 6.92 Å². The number of aryl methyl sites for hydroxylation is 1. The molecule has 0 atom stereocenters. The molecule has 0 aromatic carbocycles. The van der Waals surface area contributed by atoms with Gasteiger partial charge >= 0.3 is 5.97 Å². The molecule has 0 aliphatic rings. The van der Waals surface area contributed by atoms with Crippen molar-refractivity contribution >= 4 is 5.97 Å². The lowest BCUT2D eigenvalue weighted by atomic mass is 10.1. The number of aromatic nitrogens is 2. The molecule has 1 aromatic rings. The summed E-state index contributed by atoms with van der Waals surface area (Å²) in [5.41, 5.74) is 0.367. The van der Waals surface area contributed by atoms with Crippen molar-refractivity contribution in [1.29, 1.82) is 0 Å². The zero-order valence-corrected chi connectivity index (χ0v) is 11.0. The van der Waals surface area contributed by atoms with E-state index in [1.54, 1.807) is 6.92 Å². The average Bonchev–Trinajstić information content (AvgIpc) is 2.33. The third kappa shape index (κ3) is 5.43. The zero-order chi connectivity index (χ0) is 15.1. The van der Waals surface area contributed by atoms with E-state index in [4.69, 9.17) is 9.84 Å². The van der Waals surface area contributed by atoms with Crippen molar-refractivity contribution < 1.29 is 23.4 Å². The van der Waals surface area contributed by atoms with E-state index in [0.717, 1.165) is 0 Å². The maximum atomic E-state index is 11.8. The van der Waals surface area contributed by atoms with Crippen LogP contribution in [0.25, 0.3) is 0 Å². The van der Waals surface area contributed by atoms with Gasteiger partial charge in [-0.2, -0.15) is 0 Å². The lowest BCUT2D eigenvalue weighted by molar-refractivity contribution is -0.136. The molecule has 8 heteroatoms. The van der Waals surface area contributed by atoms with Crippen LogP contribution in [0.15, 0.2) is 4.79 Å². The van der Waals surface area contributed by atoms with Crippen molar-refractivity contribution in [3.63, 3.8) is 0 Å². The number of carboxylic acids is 1. The van der Waals surface area contributed by atoms with E-state index in [1.807, 2.05) is 0 Å². The summed E-state index contributed by atoms with van der Waals surface area (Å²) in [5.74, 6) is -0.658. The second-order valence-corrected chi connectivity index (χ2v) is 4.19. The van der Waals surface area contributed by atoms with Gasteiger partial charge in [0, 0.05) is 24.1 Å². The number of hydrogen-bond acceptors (Lipinski definition) is 4. The summed E-state index contributed by atoms with van der Waals surface area (Å²) in [7, 11) is 0. The topological polar surface area (TPSA) is 92.3 Å². The molecule has 1 aromatic heterocycles. The van der Waals surface area contributed by atoms with Gasteiger partial charge in [0.15, 0.2) is 0 Å². The van der Waals surface area contributed by atoms with Gasteiger partial charge in [-0.25, -0.2) is 13.8 Å². The van der Waals surface area contributed by atoms with Crippen LogP contribution in [-0.4, -0.2) is 40.7 Å². The number of nitrogens with one attached hydrogen (secondary N) is 1. The minimum Gasteiger partial charge on any atom is -0.481 e. The van der Waals surface area contributed by atoms with Gasteiger partial charge in [0.2, 0.25) is 0 Å². The van der Waals surface area contributed by atoms with Crippen molar-refractivity contribution in [2.45, 2.75) is 32.6 Å². The fraction of sp³-hybridized carbons (Fsp3) is 0.583. The van der Waals surface area contributed by atoms with Gasteiger partial charge in [-0.3, -0.25) is 9.59 Å². The number of rotatable bonds is 8. The minimum absolute atomic E-state index is 0.0290. The molecular weight excluding hydrogens is 274 g/mol. The molecule has 0 unspecified atom stereocenters. The summed E-state index contributed by atoms with van der Waals surface area (Å²) in [6, 6.07) is 0. The molecule has 0 aliphatic carbocycles. The predicted molar refractivity (Wildman–Crippen MR) is 66.1 cm³/mol. The van der Waals surface area contributed by atoms with E-state index >= 15 is 0 Å². The molecule has 1 heterocycles. The summed E-state index contributed by atoms with van der Waals surface area (Å²) in [6.07, 6.45) is -2.36. The maximum absolute atomic E-state index is 11.8. The number of carbonyl (C=O) groups is 1. The molecule has 20 heavy (non-hydrogen) atoms. The van der Waals surface area contributed by atoms with E-state index in [1.165, 1.54) is 0 Å². The highest BCUT2D eigenvalue weighted by Gasteiger charge is 2.10. The third-order valence-corrected chi connectivity index (χ3v) is 2.59. The van der Waals surface area contributed by atoms with Gasteiger partial charge in [0.1, 0.15) is 12.4 Å². The quantitative estimate of drug-likeness (QED) is 0.695. The van der Waals surface area contributed by atoms with Crippen LogP contribution in [-0.2, 0) is 22.4 Å². The van der Waals surface area contributed by atoms with Gasteiger partial charge in [0.25, 0.3) is 12.0 Å².